The van der Waals surface area contributed by atoms with E-state index in [0.29, 0.717) is 50.6 Å². The van der Waals surface area contributed by atoms with E-state index in [9.17, 15) is 24.0 Å². The number of benzene rings is 1. The molecule has 16 nitrogen and oxygen atoms in total. The Bertz CT molecular complexity index is 2360. The van der Waals surface area contributed by atoms with E-state index in [2.05, 4.69) is 66.9 Å². The quantitative estimate of drug-likeness (QED) is 0.0859. The summed E-state index contributed by atoms with van der Waals surface area (Å²) in [6.45, 7) is 18.8. The molecular weight excluding hydrogens is 847 g/mol. The highest BCUT2D eigenvalue weighted by Gasteiger charge is 2.41. The highest BCUT2D eigenvalue weighted by Crippen LogP contribution is 2.42. The number of carbonyl (C=O) groups is 5. The second kappa shape index (κ2) is 21.1. The molecule has 2 N–H and O–H groups in total. The lowest BCUT2D eigenvalue weighted by molar-refractivity contribution is -0.141. The van der Waals surface area contributed by atoms with E-state index < -0.39 is 23.4 Å². The number of ether oxygens (including phenoxy) is 2. The number of aromatic nitrogens is 3. The third-order valence-electron chi connectivity index (χ3n) is 12.6. The summed E-state index contributed by atoms with van der Waals surface area (Å²) in [5, 5.41) is 8.30. The lowest BCUT2D eigenvalue weighted by atomic mass is 9.84. The number of hydrogen-bond acceptors (Lipinski definition) is 11. The van der Waals surface area contributed by atoms with Gasteiger partial charge >= 0.3 is 6.03 Å². The number of aryl methyl sites for hydroxylation is 1. The first kappa shape index (κ1) is 48.8. The van der Waals surface area contributed by atoms with Crippen LogP contribution in [0.25, 0.3) is 33.4 Å². The summed E-state index contributed by atoms with van der Waals surface area (Å²) in [7, 11) is 4.96. The lowest BCUT2D eigenvalue weighted by Gasteiger charge is -2.46. The van der Waals surface area contributed by atoms with E-state index in [0.717, 1.165) is 57.5 Å². The fourth-order valence-electron chi connectivity index (χ4n) is 8.92. The number of thiazole rings is 1. The Morgan fingerprint density at radius 2 is 1.88 bits per heavy atom. The van der Waals surface area contributed by atoms with E-state index in [-0.39, 0.29) is 48.9 Å². The second-order valence-corrected chi connectivity index (χ2v) is 19.1. The zero-order valence-corrected chi connectivity index (χ0v) is 40.1. The van der Waals surface area contributed by atoms with Crippen LogP contribution in [0.3, 0.4) is 0 Å². The molecule has 2 aliphatic rings. The molecule has 2 saturated heterocycles. The predicted octanol–water partition coefficient (Wildman–Crippen LogP) is 5.86. The van der Waals surface area contributed by atoms with Gasteiger partial charge in [-0.3, -0.25) is 29.2 Å². The van der Waals surface area contributed by atoms with Crippen molar-refractivity contribution in [3.63, 3.8) is 0 Å². The summed E-state index contributed by atoms with van der Waals surface area (Å²) in [5.41, 5.74) is 9.36. The zero-order valence-electron chi connectivity index (χ0n) is 39.3. The van der Waals surface area contributed by atoms with Crippen LogP contribution in [-0.4, -0.2) is 137 Å². The number of rotatable bonds is 19. The minimum Gasteiger partial charge on any atom is -0.467 e. The molecule has 3 unspecified atom stereocenters. The third-order valence-corrected chi connectivity index (χ3v) is 13.4. The van der Waals surface area contributed by atoms with Crippen molar-refractivity contribution in [2.75, 3.05) is 54.0 Å². The maximum absolute atomic E-state index is 14.3. The Morgan fingerprint density at radius 1 is 1.12 bits per heavy atom. The molecule has 1 aromatic carbocycles. The van der Waals surface area contributed by atoms with Crippen LogP contribution in [-0.2, 0) is 48.0 Å². The number of likely N-dealkylation sites (tertiary alicyclic amines) is 1. The van der Waals surface area contributed by atoms with Crippen molar-refractivity contribution in [1.29, 1.82) is 0 Å². The second-order valence-electron chi connectivity index (χ2n) is 18.2. The average molecular weight is 912 g/mol. The lowest BCUT2D eigenvalue weighted by Crippen LogP contribution is -2.65. The average Bonchev–Trinajstić information content (AvgIpc) is 3.88. The molecule has 2 aliphatic heterocycles. The Labute approximate surface area is 386 Å². The number of pyridine rings is 1. The first-order valence-electron chi connectivity index (χ1n) is 22.4. The smallest absolute Gasteiger partial charge is 0.320 e. The van der Waals surface area contributed by atoms with Gasteiger partial charge in [0.05, 0.1) is 40.8 Å². The van der Waals surface area contributed by atoms with Crippen molar-refractivity contribution in [2.45, 2.75) is 98.0 Å². The van der Waals surface area contributed by atoms with Crippen LogP contribution in [0.4, 0.5) is 4.79 Å². The molecule has 65 heavy (non-hydrogen) atoms. The number of nitrogens with one attached hydrogen (secondary N) is 2. The number of likely N-dealkylation sites (N-methyl/N-ethyl adjacent to an activating group) is 2. The maximum Gasteiger partial charge on any atom is 0.320 e. The standard InChI is InChI=1S/C48H65N9O7S/c1-11-41(59)53(8)33-25-55(26-33)47(62)54(9)43(30(3)4)45(60)52-37(46(61)57-21-14-13-20-50-57)23-40-51-38(27-65-40)32-17-18-39-35(22-32)36(24-48(6,7)28-64-29-58)44(56(39)12-2)34-16-15-19-49-42(34)31(5)63-10/h11,15-19,22,27,29-31,33,37,43,50H,1,12-14,20-21,23-26,28H2,2-10H3,(H,52,60). The van der Waals surface area contributed by atoms with Crippen molar-refractivity contribution in [2.24, 2.45) is 11.3 Å². The number of fused-ring (bicyclic) bond motifs is 1. The number of nitrogens with zero attached hydrogens (tertiary/aromatic N) is 7. The number of amides is 5. The largest absolute Gasteiger partial charge is 0.467 e. The van der Waals surface area contributed by atoms with Crippen molar-refractivity contribution < 1.29 is 33.4 Å². The number of methoxy groups -OCH3 is 1. The summed E-state index contributed by atoms with van der Waals surface area (Å²) < 4.78 is 13.4. The summed E-state index contributed by atoms with van der Waals surface area (Å²) >= 11 is 1.42. The first-order chi connectivity index (χ1) is 31.0. The highest BCUT2D eigenvalue weighted by atomic mass is 32.1. The summed E-state index contributed by atoms with van der Waals surface area (Å²) in [5.74, 6) is -1.21. The van der Waals surface area contributed by atoms with Gasteiger partial charge in [0.2, 0.25) is 11.8 Å². The minimum atomic E-state index is -0.960. The predicted molar refractivity (Wildman–Crippen MR) is 252 cm³/mol. The van der Waals surface area contributed by atoms with Crippen molar-refractivity contribution in [3.8, 4) is 22.5 Å². The number of hydrogen-bond donors (Lipinski definition) is 2. The monoisotopic (exact) mass is 911 g/mol. The fourth-order valence-corrected chi connectivity index (χ4v) is 9.77. The molecule has 17 heteroatoms. The summed E-state index contributed by atoms with van der Waals surface area (Å²) in [6.07, 6.45) is 5.27. The van der Waals surface area contributed by atoms with Crippen LogP contribution < -0.4 is 10.7 Å². The molecule has 5 heterocycles. The SMILES string of the molecule is C=CC(=O)N(C)C1CN(C(=O)N(C)C(C(=O)NC(Cc2nc(-c3ccc4c(c3)c(CC(C)(C)COC=O)c(-c3cccnc3C(C)OC)n4CC)cs2)C(=O)N2CCCCN2)C(C)C)C1. The molecule has 0 radical (unpaired) electrons. The molecule has 3 aromatic heterocycles. The number of hydrazine groups is 1. The minimum absolute atomic E-state index is 0.142. The fraction of sp³-hybridized carbons (Fsp3) is 0.521. The Morgan fingerprint density at radius 3 is 2.52 bits per heavy atom. The molecule has 350 valence electrons. The molecule has 6 rings (SSSR count). The Kier molecular flexibility index (Phi) is 15.8. The van der Waals surface area contributed by atoms with E-state index in [1.54, 1.807) is 42.2 Å². The molecule has 0 spiro atoms. The molecule has 4 aromatic rings. The molecular formula is C48H65N9O7S. The van der Waals surface area contributed by atoms with Crippen LogP contribution in [0.15, 0.2) is 54.6 Å². The van der Waals surface area contributed by atoms with E-state index in [4.69, 9.17) is 19.4 Å². The summed E-state index contributed by atoms with van der Waals surface area (Å²) in [6, 6.07) is 8.04. The number of urea groups is 1. The van der Waals surface area contributed by atoms with E-state index in [1.165, 1.54) is 22.3 Å². The molecule has 0 bridgehead atoms. The van der Waals surface area contributed by atoms with E-state index >= 15 is 0 Å². The van der Waals surface area contributed by atoms with Gasteiger partial charge in [-0.25, -0.2) is 15.2 Å². The normalized spacial score (nSPS) is 15.8. The molecule has 0 saturated carbocycles. The van der Waals surface area contributed by atoms with Gasteiger partial charge in [0.25, 0.3) is 12.4 Å². The van der Waals surface area contributed by atoms with Gasteiger partial charge in [-0.15, -0.1) is 11.3 Å². The van der Waals surface area contributed by atoms with Crippen molar-refractivity contribution in [3.05, 3.63) is 70.8 Å². The van der Waals surface area contributed by atoms with Crippen LogP contribution in [0.1, 0.15) is 76.8 Å². The summed E-state index contributed by atoms with van der Waals surface area (Å²) in [4.78, 5) is 80.1. The highest BCUT2D eigenvalue weighted by molar-refractivity contribution is 7.10. The van der Waals surface area contributed by atoms with Gasteiger partial charge in [-0.2, -0.15) is 0 Å². The molecule has 2 fully saturated rings. The van der Waals surface area contributed by atoms with Gasteiger partial charge in [-0.1, -0.05) is 40.3 Å². The van der Waals surface area contributed by atoms with Gasteiger partial charge in [-0.05, 0) is 74.9 Å². The third kappa shape index (κ3) is 10.7. The van der Waals surface area contributed by atoms with Gasteiger partial charge in [0, 0.05) is 99.4 Å². The van der Waals surface area contributed by atoms with Crippen LogP contribution >= 0.6 is 11.3 Å². The van der Waals surface area contributed by atoms with Gasteiger partial charge in [0.15, 0.2) is 0 Å². The molecule has 3 atom stereocenters. The van der Waals surface area contributed by atoms with Crippen LogP contribution in [0, 0.1) is 11.3 Å². The maximum atomic E-state index is 14.3. The van der Waals surface area contributed by atoms with Crippen LogP contribution in [0.2, 0.25) is 0 Å². The van der Waals surface area contributed by atoms with Gasteiger partial charge < -0.3 is 34.1 Å². The van der Waals surface area contributed by atoms with Crippen molar-refractivity contribution >= 4 is 52.5 Å². The Balaban J connectivity index is 1.31. The Hall–Kier alpha value is -5.65. The molecule has 0 aliphatic carbocycles. The number of carbonyl (C=O) groups excluding carboxylic acids is 5. The van der Waals surface area contributed by atoms with E-state index in [1.807, 2.05) is 32.2 Å². The molecule has 5 amide bonds. The van der Waals surface area contributed by atoms with Crippen molar-refractivity contribution in [1.82, 2.24) is 45.0 Å². The van der Waals surface area contributed by atoms with Crippen LogP contribution in [0.5, 0.6) is 0 Å². The first-order valence-corrected chi connectivity index (χ1v) is 23.3. The topological polar surface area (TPSA) is 172 Å². The van der Waals surface area contributed by atoms with Gasteiger partial charge in [0.1, 0.15) is 12.1 Å². The zero-order chi connectivity index (χ0) is 47.2.